The molecule has 0 radical (unpaired) electrons. The number of rotatable bonds is 3. The summed E-state index contributed by atoms with van der Waals surface area (Å²) in [5, 5.41) is 17.3. The van der Waals surface area contributed by atoms with Crippen molar-refractivity contribution in [3.63, 3.8) is 0 Å². The van der Waals surface area contributed by atoms with Gasteiger partial charge in [0.15, 0.2) is 5.69 Å². The first-order chi connectivity index (χ1) is 10.9. The van der Waals surface area contributed by atoms with Crippen molar-refractivity contribution >= 4 is 11.9 Å². The van der Waals surface area contributed by atoms with Crippen LogP contribution in [-0.4, -0.2) is 50.0 Å². The van der Waals surface area contributed by atoms with Crippen LogP contribution in [0.25, 0.3) is 5.69 Å². The molecule has 2 heterocycles. The second-order valence-electron chi connectivity index (χ2n) is 6.11. The second-order valence-corrected chi connectivity index (χ2v) is 6.11. The molecule has 1 fully saturated rings. The molecule has 1 amide bonds. The summed E-state index contributed by atoms with van der Waals surface area (Å²) in [6.45, 7) is 4.06. The van der Waals surface area contributed by atoms with E-state index in [-0.39, 0.29) is 18.1 Å². The average molecular weight is 314 g/mol. The predicted octanol–water partition coefficient (Wildman–Crippen LogP) is 1.51. The number of para-hydroxylation sites is 1. The summed E-state index contributed by atoms with van der Waals surface area (Å²) in [4.78, 5) is 25.5. The van der Waals surface area contributed by atoms with Gasteiger partial charge in [-0.1, -0.05) is 23.4 Å². The first-order valence-corrected chi connectivity index (χ1v) is 7.43. The molecule has 1 atom stereocenters. The van der Waals surface area contributed by atoms with Crippen LogP contribution in [0.4, 0.5) is 0 Å². The van der Waals surface area contributed by atoms with Gasteiger partial charge in [0.05, 0.1) is 16.8 Å². The van der Waals surface area contributed by atoms with Crippen LogP contribution in [0.2, 0.25) is 0 Å². The average Bonchev–Trinajstić information content (AvgIpc) is 3.12. The van der Waals surface area contributed by atoms with E-state index >= 15 is 0 Å². The first kappa shape index (κ1) is 15.2. The highest BCUT2D eigenvalue weighted by atomic mass is 16.4. The number of aliphatic carboxylic acids is 1. The predicted molar refractivity (Wildman–Crippen MR) is 82.4 cm³/mol. The molecule has 2 aromatic rings. The van der Waals surface area contributed by atoms with Gasteiger partial charge in [-0.25, -0.2) is 4.68 Å². The number of benzene rings is 1. The molecule has 0 spiro atoms. The summed E-state index contributed by atoms with van der Waals surface area (Å²) in [6, 6.07) is 9.44. The van der Waals surface area contributed by atoms with Crippen LogP contribution in [0, 0.1) is 12.3 Å². The molecular formula is C16H18N4O3. The van der Waals surface area contributed by atoms with Crippen molar-refractivity contribution in [3.8, 4) is 5.69 Å². The largest absolute Gasteiger partial charge is 0.481 e. The summed E-state index contributed by atoms with van der Waals surface area (Å²) in [5.41, 5.74) is 0.848. The minimum Gasteiger partial charge on any atom is -0.481 e. The van der Waals surface area contributed by atoms with Crippen LogP contribution in [0.3, 0.4) is 0 Å². The molecule has 120 valence electrons. The Hall–Kier alpha value is -2.70. The standard InChI is InChI=1S/C16H18N4O3/c1-11-13(17-18-20(11)12-6-4-3-5-7-12)14(21)19-9-8-16(2,10-19)15(22)23/h3-7H,8-10H2,1-2H3,(H,22,23). The molecular weight excluding hydrogens is 296 g/mol. The second kappa shape index (κ2) is 5.49. The van der Waals surface area contributed by atoms with Gasteiger partial charge in [-0.3, -0.25) is 9.59 Å². The molecule has 3 rings (SSSR count). The topological polar surface area (TPSA) is 88.3 Å². The molecule has 7 nitrogen and oxygen atoms in total. The molecule has 1 aliphatic rings. The van der Waals surface area contributed by atoms with Gasteiger partial charge >= 0.3 is 5.97 Å². The third-order valence-corrected chi connectivity index (χ3v) is 4.37. The molecule has 0 bridgehead atoms. The number of nitrogens with zero attached hydrogens (tertiary/aromatic N) is 4. The van der Waals surface area contributed by atoms with E-state index in [1.165, 1.54) is 0 Å². The zero-order valence-corrected chi connectivity index (χ0v) is 13.1. The van der Waals surface area contributed by atoms with Crippen molar-refractivity contribution in [1.82, 2.24) is 19.9 Å². The van der Waals surface area contributed by atoms with Crippen molar-refractivity contribution < 1.29 is 14.7 Å². The van der Waals surface area contributed by atoms with Gasteiger partial charge < -0.3 is 10.0 Å². The number of carbonyl (C=O) groups excluding carboxylic acids is 1. The number of carbonyl (C=O) groups is 2. The highest BCUT2D eigenvalue weighted by Gasteiger charge is 2.43. The van der Waals surface area contributed by atoms with Crippen molar-refractivity contribution in [1.29, 1.82) is 0 Å². The fourth-order valence-electron chi connectivity index (χ4n) is 2.80. The van der Waals surface area contributed by atoms with Gasteiger partial charge in [-0.05, 0) is 32.4 Å². The van der Waals surface area contributed by atoms with E-state index in [4.69, 9.17) is 0 Å². The maximum absolute atomic E-state index is 12.6. The SMILES string of the molecule is Cc1c(C(=O)N2CCC(C)(C(=O)O)C2)nnn1-c1ccccc1. The highest BCUT2D eigenvalue weighted by Crippen LogP contribution is 2.31. The minimum absolute atomic E-state index is 0.193. The van der Waals surface area contributed by atoms with Crippen molar-refractivity contribution in [2.75, 3.05) is 13.1 Å². The van der Waals surface area contributed by atoms with Gasteiger partial charge in [0.25, 0.3) is 5.91 Å². The van der Waals surface area contributed by atoms with E-state index < -0.39 is 11.4 Å². The van der Waals surface area contributed by atoms with Crippen LogP contribution >= 0.6 is 0 Å². The van der Waals surface area contributed by atoms with Gasteiger partial charge in [0, 0.05) is 13.1 Å². The molecule has 1 unspecified atom stereocenters. The lowest BCUT2D eigenvalue weighted by atomic mass is 9.90. The zero-order valence-electron chi connectivity index (χ0n) is 13.1. The Balaban J connectivity index is 1.85. The zero-order chi connectivity index (χ0) is 16.6. The smallest absolute Gasteiger partial charge is 0.311 e. The number of carboxylic acids is 1. The Kier molecular flexibility index (Phi) is 3.63. The van der Waals surface area contributed by atoms with Crippen LogP contribution in [0.15, 0.2) is 30.3 Å². The minimum atomic E-state index is -0.890. The summed E-state index contributed by atoms with van der Waals surface area (Å²) in [7, 11) is 0. The third kappa shape index (κ3) is 2.58. The lowest BCUT2D eigenvalue weighted by Gasteiger charge is -2.19. The summed E-state index contributed by atoms with van der Waals surface area (Å²) >= 11 is 0. The molecule has 23 heavy (non-hydrogen) atoms. The quantitative estimate of drug-likeness (QED) is 0.928. The number of hydrogen-bond acceptors (Lipinski definition) is 4. The van der Waals surface area contributed by atoms with Gasteiger partial charge in [-0.2, -0.15) is 0 Å². The monoisotopic (exact) mass is 314 g/mol. The summed E-state index contributed by atoms with van der Waals surface area (Å²) in [5.74, 6) is -1.15. The molecule has 0 saturated carbocycles. The van der Waals surface area contributed by atoms with Crippen LogP contribution < -0.4 is 0 Å². The fourth-order valence-corrected chi connectivity index (χ4v) is 2.80. The van der Waals surface area contributed by atoms with E-state index in [9.17, 15) is 14.7 Å². The lowest BCUT2D eigenvalue weighted by Crippen LogP contribution is -2.35. The molecule has 1 saturated heterocycles. The molecule has 7 heteroatoms. The maximum Gasteiger partial charge on any atom is 0.311 e. The number of hydrogen-bond donors (Lipinski definition) is 1. The first-order valence-electron chi connectivity index (χ1n) is 7.43. The lowest BCUT2D eigenvalue weighted by molar-refractivity contribution is -0.147. The van der Waals surface area contributed by atoms with Crippen molar-refractivity contribution in [2.24, 2.45) is 5.41 Å². The maximum atomic E-state index is 12.6. The van der Waals surface area contributed by atoms with E-state index in [0.29, 0.717) is 18.7 Å². The molecule has 1 N–H and O–H groups in total. The van der Waals surface area contributed by atoms with E-state index in [2.05, 4.69) is 10.3 Å². The number of amides is 1. The van der Waals surface area contributed by atoms with Crippen molar-refractivity contribution in [3.05, 3.63) is 41.7 Å². The Morgan fingerprint density at radius 1 is 1.26 bits per heavy atom. The Labute approximate surface area is 133 Å². The van der Waals surface area contributed by atoms with E-state index in [0.717, 1.165) is 5.69 Å². The Morgan fingerprint density at radius 3 is 2.57 bits per heavy atom. The van der Waals surface area contributed by atoms with Gasteiger partial charge in [0.1, 0.15) is 0 Å². The van der Waals surface area contributed by atoms with E-state index in [1.807, 2.05) is 30.3 Å². The number of aromatic nitrogens is 3. The summed E-state index contributed by atoms with van der Waals surface area (Å²) in [6.07, 6.45) is 0.444. The highest BCUT2D eigenvalue weighted by molar-refractivity contribution is 5.94. The molecule has 1 aromatic heterocycles. The van der Waals surface area contributed by atoms with Gasteiger partial charge in [-0.15, -0.1) is 5.10 Å². The molecule has 0 aliphatic carbocycles. The normalized spacial score (nSPS) is 20.7. The van der Waals surface area contributed by atoms with Crippen LogP contribution in [-0.2, 0) is 4.79 Å². The number of carboxylic acid groups (broad SMARTS) is 1. The molecule has 1 aromatic carbocycles. The third-order valence-electron chi connectivity index (χ3n) is 4.37. The van der Waals surface area contributed by atoms with Crippen molar-refractivity contribution in [2.45, 2.75) is 20.3 Å². The van der Waals surface area contributed by atoms with Gasteiger partial charge in [0.2, 0.25) is 0 Å². The summed E-state index contributed by atoms with van der Waals surface area (Å²) < 4.78 is 1.61. The van der Waals surface area contributed by atoms with Crippen LogP contribution in [0.5, 0.6) is 0 Å². The van der Waals surface area contributed by atoms with Crippen LogP contribution in [0.1, 0.15) is 29.5 Å². The van der Waals surface area contributed by atoms with E-state index in [1.54, 1.807) is 23.4 Å². The number of likely N-dealkylation sites (tertiary alicyclic amines) is 1. The Morgan fingerprint density at radius 2 is 1.96 bits per heavy atom. The molecule has 1 aliphatic heterocycles. The Bertz CT molecular complexity index is 756. The fraction of sp³-hybridized carbons (Fsp3) is 0.375.